The Hall–Kier alpha value is -0.820. The smallest absolute Gasteiger partial charge is 0.355 e. The topological polar surface area (TPSA) is 26.0 Å². The maximum atomic E-state index is 12.2. The van der Waals surface area contributed by atoms with Crippen LogP contribution in [-0.2, 0) is 6.18 Å². The van der Waals surface area contributed by atoms with E-state index in [9.17, 15) is 13.2 Å². The van der Waals surface area contributed by atoms with E-state index in [0.717, 1.165) is 9.85 Å². The molecule has 0 aromatic carbocycles. The monoisotopic (exact) mass is 297 g/mol. The van der Waals surface area contributed by atoms with Crippen molar-refractivity contribution in [3.8, 4) is 10.6 Å². The van der Waals surface area contributed by atoms with Gasteiger partial charge in [0.1, 0.15) is 0 Å². The van der Waals surface area contributed by atoms with Crippen molar-refractivity contribution in [2.45, 2.75) is 6.18 Å². The Balaban J connectivity index is 2.36. The molecule has 0 radical (unpaired) electrons. The van der Waals surface area contributed by atoms with Gasteiger partial charge in [0.25, 0.3) is 0 Å². The van der Waals surface area contributed by atoms with E-state index >= 15 is 0 Å². The third kappa shape index (κ3) is 2.23. The van der Waals surface area contributed by atoms with Crippen molar-refractivity contribution in [3.05, 3.63) is 27.7 Å². The number of thiophene rings is 1. The van der Waals surface area contributed by atoms with Gasteiger partial charge in [-0.05, 0) is 28.1 Å². The number of nitrogens with zero attached hydrogens (tertiary/aromatic N) is 1. The molecule has 80 valence electrons. The molecule has 0 N–H and O–H groups in total. The zero-order valence-corrected chi connectivity index (χ0v) is 9.41. The molecule has 2 rings (SSSR count). The van der Waals surface area contributed by atoms with Crippen LogP contribution in [-0.4, -0.2) is 5.16 Å². The Labute approximate surface area is 94.8 Å². The maximum Gasteiger partial charge on any atom is 0.436 e. The number of aromatic nitrogens is 1. The van der Waals surface area contributed by atoms with Gasteiger partial charge in [-0.25, -0.2) is 0 Å². The van der Waals surface area contributed by atoms with Gasteiger partial charge < -0.3 is 4.52 Å². The lowest BCUT2D eigenvalue weighted by molar-refractivity contribution is -0.142. The average molecular weight is 298 g/mol. The van der Waals surface area contributed by atoms with Crippen LogP contribution >= 0.6 is 27.3 Å². The van der Waals surface area contributed by atoms with Crippen LogP contribution in [0.1, 0.15) is 5.69 Å². The third-order valence-electron chi connectivity index (χ3n) is 1.62. The lowest BCUT2D eigenvalue weighted by Gasteiger charge is -1.97. The number of rotatable bonds is 1. The van der Waals surface area contributed by atoms with E-state index in [-0.39, 0.29) is 5.76 Å². The molecule has 0 saturated heterocycles. The van der Waals surface area contributed by atoms with Crippen molar-refractivity contribution in [1.29, 1.82) is 0 Å². The molecule has 2 heterocycles. The van der Waals surface area contributed by atoms with Crippen LogP contribution in [0.2, 0.25) is 0 Å². The molecule has 2 nitrogen and oxygen atoms in total. The number of halogens is 4. The van der Waals surface area contributed by atoms with Gasteiger partial charge in [0.2, 0.25) is 0 Å². The molecule has 2 aromatic heterocycles. The molecule has 0 bridgehead atoms. The highest BCUT2D eigenvalue weighted by molar-refractivity contribution is 9.11. The molecule has 0 aliphatic heterocycles. The van der Waals surface area contributed by atoms with Gasteiger partial charge in [0, 0.05) is 6.07 Å². The maximum absolute atomic E-state index is 12.2. The minimum Gasteiger partial charge on any atom is -0.355 e. The highest BCUT2D eigenvalue weighted by atomic mass is 79.9. The minimum atomic E-state index is -4.46. The Morgan fingerprint density at radius 2 is 2.07 bits per heavy atom. The summed E-state index contributed by atoms with van der Waals surface area (Å²) in [5.74, 6) is 0.123. The third-order valence-corrected chi connectivity index (χ3v) is 3.25. The summed E-state index contributed by atoms with van der Waals surface area (Å²) in [6, 6.07) is 4.28. The second-order valence-electron chi connectivity index (χ2n) is 2.68. The predicted octanol–water partition coefficient (Wildman–Crippen LogP) is 4.18. The minimum absolute atomic E-state index is 0.123. The molecule has 0 amide bonds. The quantitative estimate of drug-likeness (QED) is 0.789. The van der Waals surface area contributed by atoms with Gasteiger partial charge in [0.05, 0.1) is 8.66 Å². The van der Waals surface area contributed by atoms with E-state index < -0.39 is 11.9 Å². The van der Waals surface area contributed by atoms with E-state index in [4.69, 9.17) is 0 Å². The zero-order valence-electron chi connectivity index (χ0n) is 7.01. The van der Waals surface area contributed by atoms with E-state index in [2.05, 4.69) is 25.6 Å². The highest BCUT2D eigenvalue weighted by Crippen LogP contribution is 2.35. The van der Waals surface area contributed by atoms with Gasteiger partial charge in [-0.2, -0.15) is 13.2 Å². The van der Waals surface area contributed by atoms with Crippen LogP contribution in [0.3, 0.4) is 0 Å². The fourth-order valence-electron chi connectivity index (χ4n) is 0.972. The van der Waals surface area contributed by atoms with E-state index in [1.807, 2.05) is 0 Å². The normalized spacial score (nSPS) is 12.0. The summed E-state index contributed by atoms with van der Waals surface area (Å²) in [7, 11) is 0. The Morgan fingerprint density at radius 1 is 1.33 bits per heavy atom. The van der Waals surface area contributed by atoms with Crippen LogP contribution in [0, 0.1) is 0 Å². The number of hydrogen-bond donors (Lipinski definition) is 0. The second-order valence-corrected chi connectivity index (χ2v) is 5.14. The summed E-state index contributed by atoms with van der Waals surface area (Å²) in [5, 5.41) is 2.96. The lowest BCUT2D eigenvalue weighted by atomic mass is 10.3. The van der Waals surface area contributed by atoms with Crippen LogP contribution in [0.5, 0.6) is 0 Å². The van der Waals surface area contributed by atoms with Gasteiger partial charge in [-0.1, -0.05) is 5.16 Å². The Morgan fingerprint density at radius 3 is 2.53 bits per heavy atom. The molecule has 2 aromatic rings. The number of hydrogen-bond acceptors (Lipinski definition) is 3. The van der Waals surface area contributed by atoms with Gasteiger partial charge in [-0.3, -0.25) is 0 Å². The molecule has 0 saturated carbocycles. The summed E-state index contributed by atoms with van der Waals surface area (Å²) in [4.78, 5) is 0.602. The first kappa shape index (κ1) is 10.7. The molecular weight excluding hydrogens is 295 g/mol. The second kappa shape index (κ2) is 3.64. The van der Waals surface area contributed by atoms with Gasteiger partial charge in [0.15, 0.2) is 11.5 Å². The van der Waals surface area contributed by atoms with Crippen LogP contribution in [0.4, 0.5) is 13.2 Å². The molecular formula is C8H3BrF3NOS. The van der Waals surface area contributed by atoms with Crippen LogP contribution in [0.25, 0.3) is 10.6 Å². The predicted molar refractivity (Wildman–Crippen MR) is 52.5 cm³/mol. The standard InChI is InChI=1S/C8H3BrF3NOS/c9-7-2-1-5(15-7)4-3-6(13-14-4)8(10,11)12/h1-3H. The fourth-order valence-corrected chi connectivity index (χ4v) is 2.31. The Bertz CT molecular complexity index is 476. The van der Waals surface area contributed by atoms with Crippen molar-refractivity contribution in [2.75, 3.05) is 0 Å². The molecule has 0 aliphatic rings. The van der Waals surface area contributed by atoms with Crippen molar-refractivity contribution in [2.24, 2.45) is 0 Å². The van der Waals surface area contributed by atoms with Crippen molar-refractivity contribution < 1.29 is 17.7 Å². The summed E-state index contributed by atoms with van der Waals surface area (Å²) in [6.45, 7) is 0. The molecule has 0 spiro atoms. The van der Waals surface area contributed by atoms with Crippen molar-refractivity contribution in [3.63, 3.8) is 0 Å². The molecule has 0 fully saturated rings. The summed E-state index contributed by atoms with van der Waals surface area (Å²) < 4.78 is 42.0. The highest BCUT2D eigenvalue weighted by Gasteiger charge is 2.35. The molecule has 7 heteroatoms. The molecule has 0 aliphatic carbocycles. The number of alkyl halides is 3. The van der Waals surface area contributed by atoms with E-state index in [1.54, 1.807) is 12.1 Å². The Kier molecular flexibility index (Phi) is 2.59. The van der Waals surface area contributed by atoms with Crippen molar-refractivity contribution >= 4 is 27.3 Å². The van der Waals surface area contributed by atoms with Gasteiger partial charge in [-0.15, -0.1) is 11.3 Å². The average Bonchev–Trinajstić information content (AvgIpc) is 2.69. The SMILES string of the molecule is FC(F)(F)c1cc(-c2ccc(Br)s2)on1. The largest absolute Gasteiger partial charge is 0.436 e. The van der Waals surface area contributed by atoms with Crippen LogP contribution in [0.15, 0.2) is 26.5 Å². The molecule has 0 atom stereocenters. The first-order chi connectivity index (χ1) is 6.97. The van der Waals surface area contributed by atoms with Gasteiger partial charge >= 0.3 is 6.18 Å². The molecule has 0 unspecified atom stereocenters. The van der Waals surface area contributed by atoms with E-state index in [1.165, 1.54) is 11.3 Å². The lowest BCUT2D eigenvalue weighted by Crippen LogP contribution is -2.04. The zero-order chi connectivity index (χ0) is 11.1. The fraction of sp³-hybridized carbons (Fsp3) is 0.125. The summed E-state index contributed by atoms with van der Waals surface area (Å²) in [6.07, 6.45) is -4.46. The first-order valence-electron chi connectivity index (χ1n) is 3.76. The summed E-state index contributed by atoms with van der Waals surface area (Å²) >= 11 is 4.49. The summed E-state index contributed by atoms with van der Waals surface area (Å²) in [5.41, 5.74) is -1.01. The van der Waals surface area contributed by atoms with E-state index in [0.29, 0.717) is 4.88 Å². The van der Waals surface area contributed by atoms with Crippen LogP contribution < -0.4 is 0 Å². The first-order valence-corrected chi connectivity index (χ1v) is 5.37. The molecule has 15 heavy (non-hydrogen) atoms. The van der Waals surface area contributed by atoms with Crippen molar-refractivity contribution in [1.82, 2.24) is 5.16 Å².